The Bertz CT molecular complexity index is 500. The quantitative estimate of drug-likeness (QED) is 0.440. The van der Waals surface area contributed by atoms with E-state index in [4.69, 9.17) is 4.74 Å². The number of hydrogen-bond donors (Lipinski definition) is 2. The number of ether oxygens (including phenoxy) is 1. The summed E-state index contributed by atoms with van der Waals surface area (Å²) in [6.07, 6.45) is 2.93. The van der Waals surface area contributed by atoms with E-state index < -0.39 is 0 Å². The summed E-state index contributed by atoms with van der Waals surface area (Å²) >= 11 is 0. The van der Waals surface area contributed by atoms with Crippen LogP contribution in [0.5, 0.6) is 0 Å². The molecule has 1 fully saturated rings. The summed E-state index contributed by atoms with van der Waals surface area (Å²) in [4.78, 5) is 4.65. The number of guanidine groups is 1. The van der Waals surface area contributed by atoms with Crippen LogP contribution in [0, 0.1) is 5.82 Å². The van der Waals surface area contributed by atoms with Crippen LogP contribution >= 0.6 is 0 Å². The molecular weight excluding hydrogens is 281 g/mol. The zero-order valence-electron chi connectivity index (χ0n) is 13.5. The Hall–Kier alpha value is -1.62. The molecule has 0 amide bonds. The molecule has 0 aromatic heterocycles. The lowest BCUT2D eigenvalue weighted by atomic mass is 9.95. The second-order valence-electron chi connectivity index (χ2n) is 5.73. The molecule has 4 nitrogen and oxygen atoms in total. The Balaban J connectivity index is 1.96. The lowest BCUT2D eigenvalue weighted by molar-refractivity contribution is 0.195. The van der Waals surface area contributed by atoms with Crippen molar-refractivity contribution in [1.29, 1.82) is 0 Å². The number of hydrogen-bond acceptors (Lipinski definition) is 2. The van der Waals surface area contributed by atoms with Crippen LogP contribution in [0.25, 0.3) is 0 Å². The van der Waals surface area contributed by atoms with Gasteiger partial charge >= 0.3 is 0 Å². The van der Waals surface area contributed by atoms with Gasteiger partial charge in [0.25, 0.3) is 0 Å². The average molecular weight is 307 g/mol. The summed E-state index contributed by atoms with van der Waals surface area (Å²) in [7, 11) is 1.70. The standard InChI is InChI=1S/C17H26FN3O/c1-3-19-16(20-11-6-12-22-2)21-13-17(9-10-17)14-7-4-5-8-15(14)18/h4-5,7-8H,3,6,9-13H2,1-2H3,(H2,19,20,21). The molecule has 1 aromatic rings. The molecule has 2 rings (SSSR count). The van der Waals surface area contributed by atoms with Crippen molar-refractivity contribution in [2.24, 2.45) is 4.99 Å². The third-order valence-corrected chi connectivity index (χ3v) is 4.00. The fraction of sp³-hybridized carbons (Fsp3) is 0.588. The molecule has 0 saturated heterocycles. The Labute approximate surface area is 132 Å². The van der Waals surface area contributed by atoms with E-state index in [1.54, 1.807) is 13.2 Å². The van der Waals surface area contributed by atoms with Crippen molar-refractivity contribution in [3.63, 3.8) is 0 Å². The summed E-state index contributed by atoms with van der Waals surface area (Å²) in [6, 6.07) is 7.06. The maximum Gasteiger partial charge on any atom is 0.191 e. The van der Waals surface area contributed by atoms with Crippen LogP contribution in [0.15, 0.2) is 29.3 Å². The molecule has 0 atom stereocenters. The molecule has 0 aliphatic heterocycles. The molecule has 1 aromatic carbocycles. The highest BCUT2D eigenvalue weighted by Crippen LogP contribution is 2.49. The maximum atomic E-state index is 14.0. The van der Waals surface area contributed by atoms with Crippen molar-refractivity contribution in [2.75, 3.05) is 33.4 Å². The van der Waals surface area contributed by atoms with Gasteiger partial charge in [-0.05, 0) is 37.8 Å². The molecule has 0 unspecified atom stereocenters. The van der Waals surface area contributed by atoms with Crippen molar-refractivity contribution in [2.45, 2.75) is 31.6 Å². The highest BCUT2D eigenvalue weighted by atomic mass is 19.1. The lowest BCUT2D eigenvalue weighted by Gasteiger charge is -2.16. The van der Waals surface area contributed by atoms with Gasteiger partial charge in [-0.15, -0.1) is 0 Å². The van der Waals surface area contributed by atoms with Crippen LogP contribution in [0.3, 0.4) is 0 Å². The number of halogens is 1. The van der Waals surface area contributed by atoms with Crippen molar-refractivity contribution in [1.82, 2.24) is 10.6 Å². The van der Waals surface area contributed by atoms with E-state index in [0.29, 0.717) is 6.54 Å². The molecule has 0 heterocycles. The van der Waals surface area contributed by atoms with Gasteiger partial charge in [-0.3, -0.25) is 4.99 Å². The van der Waals surface area contributed by atoms with Gasteiger partial charge in [-0.1, -0.05) is 18.2 Å². The third-order valence-electron chi connectivity index (χ3n) is 4.00. The zero-order valence-corrected chi connectivity index (χ0v) is 13.5. The highest BCUT2D eigenvalue weighted by Gasteiger charge is 2.45. The molecule has 1 aliphatic carbocycles. The summed E-state index contributed by atoms with van der Waals surface area (Å²) in [5.41, 5.74) is 0.689. The fourth-order valence-electron chi connectivity index (χ4n) is 2.55. The van der Waals surface area contributed by atoms with E-state index in [-0.39, 0.29) is 11.2 Å². The smallest absolute Gasteiger partial charge is 0.191 e. The first kappa shape index (κ1) is 16.7. The van der Waals surface area contributed by atoms with Crippen molar-refractivity contribution in [3.8, 4) is 0 Å². The number of methoxy groups -OCH3 is 1. The first-order chi connectivity index (χ1) is 10.7. The summed E-state index contributed by atoms with van der Waals surface area (Å²) < 4.78 is 19.0. The Morgan fingerprint density at radius 2 is 2.09 bits per heavy atom. The number of nitrogens with zero attached hydrogens (tertiary/aromatic N) is 1. The van der Waals surface area contributed by atoms with Crippen LogP contribution in [0.2, 0.25) is 0 Å². The normalized spacial score (nSPS) is 16.4. The van der Waals surface area contributed by atoms with Gasteiger partial charge in [0.1, 0.15) is 5.82 Å². The van der Waals surface area contributed by atoms with E-state index >= 15 is 0 Å². The largest absolute Gasteiger partial charge is 0.385 e. The van der Waals surface area contributed by atoms with Crippen LogP contribution in [-0.4, -0.2) is 39.3 Å². The highest BCUT2D eigenvalue weighted by molar-refractivity contribution is 5.79. The van der Waals surface area contributed by atoms with Gasteiger partial charge in [0, 0.05) is 32.2 Å². The van der Waals surface area contributed by atoms with Gasteiger partial charge in [0.2, 0.25) is 0 Å². The van der Waals surface area contributed by atoms with E-state index in [0.717, 1.165) is 50.5 Å². The van der Waals surface area contributed by atoms with E-state index in [9.17, 15) is 4.39 Å². The Kier molecular flexibility index (Phi) is 6.19. The molecule has 1 saturated carbocycles. The maximum absolute atomic E-state index is 14.0. The summed E-state index contributed by atoms with van der Waals surface area (Å²) in [5, 5.41) is 6.52. The number of aliphatic imine (C=N–C) groups is 1. The third kappa shape index (κ3) is 4.44. The number of benzene rings is 1. The van der Waals surface area contributed by atoms with Gasteiger partial charge in [-0.2, -0.15) is 0 Å². The minimum atomic E-state index is -0.117. The van der Waals surface area contributed by atoms with Gasteiger partial charge in [0.15, 0.2) is 5.96 Å². The summed E-state index contributed by atoms with van der Waals surface area (Å²) in [6.45, 7) is 5.00. The van der Waals surface area contributed by atoms with E-state index in [1.807, 2.05) is 19.1 Å². The first-order valence-electron chi connectivity index (χ1n) is 7.98. The minimum absolute atomic E-state index is 0.111. The SMILES string of the molecule is CCNC(=NCC1(c2ccccc2F)CC1)NCCCOC. The molecule has 2 N–H and O–H groups in total. The van der Waals surface area contributed by atoms with Crippen molar-refractivity contribution < 1.29 is 9.13 Å². The van der Waals surface area contributed by atoms with Crippen molar-refractivity contribution >= 4 is 5.96 Å². The minimum Gasteiger partial charge on any atom is -0.385 e. The molecule has 5 heteroatoms. The van der Waals surface area contributed by atoms with Crippen LogP contribution in [0.4, 0.5) is 4.39 Å². The lowest BCUT2D eigenvalue weighted by Crippen LogP contribution is -2.38. The molecular formula is C17H26FN3O. The molecule has 0 bridgehead atoms. The fourth-order valence-corrected chi connectivity index (χ4v) is 2.55. The predicted octanol–water partition coefficient (Wildman–Crippen LogP) is 2.45. The van der Waals surface area contributed by atoms with Gasteiger partial charge in [-0.25, -0.2) is 4.39 Å². The van der Waals surface area contributed by atoms with Crippen LogP contribution in [-0.2, 0) is 10.2 Å². The van der Waals surface area contributed by atoms with Gasteiger partial charge < -0.3 is 15.4 Å². The number of nitrogens with one attached hydrogen (secondary N) is 2. The Morgan fingerprint density at radius 3 is 2.73 bits per heavy atom. The van der Waals surface area contributed by atoms with Crippen LogP contribution < -0.4 is 10.6 Å². The molecule has 22 heavy (non-hydrogen) atoms. The summed E-state index contributed by atoms with van der Waals surface area (Å²) in [5.74, 6) is 0.675. The predicted molar refractivity (Wildman–Crippen MR) is 87.8 cm³/mol. The van der Waals surface area contributed by atoms with E-state index in [2.05, 4.69) is 15.6 Å². The monoisotopic (exact) mass is 307 g/mol. The van der Waals surface area contributed by atoms with Crippen molar-refractivity contribution in [3.05, 3.63) is 35.6 Å². The molecule has 0 spiro atoms. The zero-order chi connectivity index (χ0) is 15.8. The molecule has 1 aliphatic rings. The Morgan fingerprint density at radius 1 is 1.32 bits per heavy atom. The second kappa shape index (κ2) is 8.13. The van der Waals surface area contributed by atoms with Crippen LogP contribution in [0.1, 0.15) is 31.7 Å². The first-order valence-corrected chi connectivity index (χ1v) is 7.98. The van der Waals surface area contributed by atoms with E-state index in [1.165, 1.54) is 6.07 Å². The second-order valence-corrected chi connectivity index (χ2v) is 5.73. The topological polar surface area (TPSA) is 45.7 Å². The molecule has 0 radical (unpaired) electrons. The number of rotatable bonds is 8. The molecule has 122 valence electrons. The van der Waals surface area contributed by atoms with Gasteiger partial charge in [0.05, 0.1) is 6.54 Å². The average Bonchev–Trinajstić information content (AvgIpc) is 3.30.